The van der Waals surface area contributed by atoms with E-state index in [2.05, 4.69) is 15.9 Å². The van der Waals surface area contributed by atoms with Gasteiger partial charge in [0.2, 0.25) is 0 Å². The van der Waals surface area contributed by atoms with Gasteiger partial charge in [-0.2, -0.15) is 0 Å². The maximum atomic E-state index is 12.7. The van der Waals surface area contributed by atoms with Gasteiger partial charge in [-0.15, -0.1) is 0 Å². The smallest absolute Gasteiger partial charge is 0.278 e. The number of hydrogen-bond acceptors (Lipinski definition) is 2. The van der Waals surface area contributed by atoms with Gasteiger partial charge in [-0.1, -0.05) is 12.1 Å². The SMILES string of the molecule is C[C@H](N)c1cccc(Br)c1OCC(C)(F)F. The van der Waals surface area contributed by atoms with Gasteiger partial charge in [-0.05, 0) is 28.9 Å². The highest BCUT2D eigenvalue weighted by Gasteiger charge is 2.23. The third-order valence-corrected chi connectivity index (χ3v) is 2.58. The first-order valence-corrected chi connectivity index (χ1v) is 5.65. The molecule has 5 heteroatoms. The van der Waals surface area contributed by atoms with Crippen molar-refractivity contribution in [1.29, 1.82) is 0 Å². The van der Waals surface area contributed by atoms with Gasteiger partial charge in [0.1, 0.15) is 5.75 Å². The molecule has 0 spiro atoms. The Morgan fingerprint density at radius 3 is 2.62 bits per heavy atom. The number of nitrogens with two attached hydrogens (primary N) is 1. The van der Waals surface area contributed by atoms with Crippen molar-refractivity contribution in [3.8, 4) is 5.75 Å². The van der Waals surface area contributed by atoms with Gasteiger partial charge in [0.05, 0.1) is 4.47 Å². The molecule has 16 heavy (non-hydrogen) atoms. The van der Waals surface area contributed by atoms with Gasteiger partial charge >= 0.3 is 0 Å². The number of hydrogen-bond donors (Lipinski definition) is 1. The molecule has 2 nitrogen and oxygen atoms in total. The molecule has 1 aromatic carbocycles. The predicted molar refractivity (Wildman–Crippen MR) is 62.9 cm³/mol. The molecule has 0 amide bonds. The van der Waals surface area contributed by atoms with Crippen LogP contribution in [0.15, 0.2) is 22.7 Å². The van der Waals surface area contributed by atoms with Crippen LogP contribution in [-0.4, -0.2) is 12.5 Å². The van der Waals surface area contributed by atoms with Crippen LogP contribution in [0.4, 0.5) is 8.78 Å². The first kappa shape index (κ1) is 13.4. The van der Waals surface area contributed by atoms with E-state index in [1.165, 1.54) is 0 Å². The number of para-hydroxylation sites is 1. The zero-order valence-corrected chi connectivity index (χ0v) is 10.7. The highest BCUT2D eigenvalue weighted by atomic mass is 79.9. The lowest BCUT2D eigenvalue weighted by Gasteiger charge is -2.17. The van der Waals surface area contributed by atoms with Gasteiger partial charge in [0, 0.05) is 18.5 Å². The molecule has 0 fully saturated rings. The Hall–Kier alpha value is -0.680. The molecular formula is C11H14BrF2NO. The Morgan fingerprint density at radius 2 is 2.12 bits per heavy atom. The minimum atomic E-state index is -2.86. The summed E-state index contributed by atoms with van der Waals surface area (Å²) >= 11 is 3.26. The Balaban J connectivity index is 2.93. The largest absolute Gasteiger partial charge is 0.486 e. The number of ether oxygens (including phenoxy) is 1. The summed E-state index contributed by atoms with van der Waals surface area (Å²) < 4.78 is 31.1. The van der Waals surface area contributed by atoms with E-state index in [4.69, 9.17) is 10.5 Å². The summed E-state index contributed by atoms with van der Waals surface area (Å²) in [6.45, 7) is 1.93. The molecule has 90 valence electrons. The first-order valence-electron chi connectivity index (χ1n) is 4.86. The number of alkyl halides is 2. The topological polar surface area (TPSA) is 35.2 Å². The Kier molecular flexibility index (Phi) is 4.27. The van der Waals surface area contributed by atoms with Crippen LogP contribution in [0.3, 0.4) is 0 Å². The van der Waals surface area contributed by atoms with Crippen LogP contribution in [0.25, 0.3) is 0 Å². The number of benzene rings is 1. The molecule has 0 aliphatic carbocycles. The van der Waals surface area contributed by atoms with Crippen molar-refractivity contribution in [2.45, 2.75) is 25.8 Å². The van der Waals surface area contributed by atoms with Crippen LogP contribution < -0.4 is 10.5 Å². The van der Waals surface area contributed by atoms with Gasteiger partial charge < -0.3 is 10.5 Å². The molecule has 0 saturated heterocycles. The van der Waals surface area contributed by atoms with E-state index in [9.17, 15) is 8.78 Å². The normalized spacial score (nSPS) is 13.6. The molecule has 1 aromatic rings. The molecular weight excluding hydrogens is 280 g/mol. The third kappa shape index (κ3) is 3.72. The second kappa shape index (κ2) is 5.10. The van der Waals surface area contributed by atoms with Crippen molar-refractivity contribution in [3.05, 3.63) is 28.2 Å². The number of halogens is 3. The van der Waals surface area contributed by atoms with Crippen LogP contribution >= 0.6 is 15.9 Å². The Bertz CT molecular complexity index is 363. The maximum Gasteiger partial charge on any atom is 0.278 e. The molecule has 0 aliphatic heterocycles. The zero-order valence-electron chi connectivity index (χ0n) is 9.14. The molecule has 0 radical (unpaired) electrons. The number of rotatable bonds is 4. The molecule has 2 N–H and O–H groups in total. The lowest BCUT2D eigenvalue weighted by Crippen LogP contribution is -2.22. The van der Waals surface area contributed by atoms with Crippen molar-refractivity contribution in [2.24, 2.45) is 5.73 Å². The summed E-state index contributed by atoms with van der Waals surface area (Å²) in [6, 6.07) is 5.02. The molecule has 0 aromatic heterocycles. The fourth-order valence-electron chi connectivity index (χ4n) is 1.24. The quantitative estimate of drug-likeness (QED) is 0.922. The predicted octanol–water partition coefficient (Wildman–Crippen LogP) is 3.50. The zero-order chi connectivity index (χ0) is 12.3. The lowest BCUT2D eigenvalue weighted by atomic mass is 10.1. The standard InChI is InChI=1S/C11H14BrF2NO/c1-7(15)8-4-3-5-9(12)10(8)16-6-11(2,13)14/h3-5,7H,6,15H2,1-2H3/t7-/m0/s1. The van der Waals surface area contributed by atoms with Crippen LogP contribution in [-0.2, 0) is 0 Å². The van der Waals surface area contributed by atoms with E-state index in [-0.39, 0.29) is 6.04 Å². The molecule has 0 aliphatic rings. The summed E-state index contributed by atoms with van der Waals surface area (Å²) in [7, 11) is 0. The summed E-state index contributed by atoms with van der Waals surface area (Å²) in [5.41, 5.74) is 6.44. The van der Waals surface area contributed by atoms with E-state index in [0.29, 0.717) is 15.8 Å². The maximum absolute atomic E-state index is 12.7. The van der Waals surface area contributed by atoms with E-state index in [1.807, 2.05) is 0 Å². The Morgan fingerprint density at radius 1 is 1.50 bits per heavy atom. The lowest BCUT2D eigenvalue weighted by molar-refractivity contribution is -0.0234. The van der Waals surface area contributed by atoms with Crippen LogP contribution in [0.2, 0.25) is 0 Å². The highest BCUT2D eigenvalue weighted by molar-refractivity contribution is 9.10. The van der Waals surface area contributed by atoms with Crippen molar-refractivity contribution in [3.63, 3.8) is 0 Å². The third-order valence-electron chi connectivity index (χ3n) is 1.96. The minimum Gasteiger partial charge on any atom is -0.486 e. The summed E-state index contributed by atoms with van der Waals surface area (Å²) in [5, 5.41) is 0. The highest BCUT2D eigenvalue weighted by Crippen LogP contribution is 2.33. The second-order valence-electron chi connectivity index (χ2n) is 3.81. The average Bonchev–Trinajstić information content (AvgIpc) is 2.13. The summed E-state index contributed by atoms with van der Waals surface area (Å²) in [6.07, 6.45) is 0. The van der Waals surface area contributed by atoms with Gasteiger partial charge in [-0.25, -0.2) is 8.78 Å². The summed E-state index contributed by atoms with van der Waals surface area (Å²) in [4.78, 5) is 0. The van der Waals surface area contributed by atoms with Crippen LogP contribution in [0, 0.1) is 0 Å². The van der Waals surface area contributed by atoms with E-state index in [1.54, 1.807) is 25.1 Å². The van der Waals surface area contributed by atoms with Gasteiger partial charge in [0.25, 0.3) is 5.92 Å². The van der Waals surface area contributed by atoms with E-state index in [0.717, 1.165) is 6.92 Å². The first-order chi connectivity index (χ1) is 7.31. The van der Waals surface area contributed by atoms with E-state index < -0.39 is 12.5 Å². The fraction of sp³-hybridized carbons (Fsp3) is 0.455. The van der Waals surface area contributed by atoms with Crippen molar-refractivity contribution < 1.29 is 13.5 Å². The van der Waals surface area contributed by atoms with Crippen molar-refractivity contribution in [1.82, 2.24) is 0 Å². The summed E-state index contributed by atoms with van der Waals surface area (Å²) in [5.74, 6) is -2.47. The Labute approximate surface area is 102 Å². The van der Waals surface area contributed by atoms with Crippen molar-refractivity contribution >= 4 is 15.9 Å². The fourth-order valence-corrected chi connectivity index (χ4v) is 1.73. The molecule has 1 rings (SSSR count). The molecule has 0 bridgehead atoms. The molecule has 0 heterocycles. The van der Waals surface area contributed by atoms with Gasteiger partial charge in [-0.3, -0.25) is 0 Å². The van der Waals surface area contributed by atoms with Crippen LogP contribution in [0.5, 0.6) is 5.75 Å². The second-order valence-corrected chi connectivity index (χ2v) is 4.66. The molecule has 0 unspecified atom stereocenters. The molecule has 0 saturated carbocycles. The van der Waals surface area contributed by atoms with Gasteiger partial charge in [0.15, 0.2) is 6.61 Å². The van der Waals surface area contributed by atoms with Crippen molar-refractivity contribution in [2.75, 3.05) is 6.61 Å². The monoisotopic (exact) mass is 293 g/mol. The van der Waals surface area contributed by atoms with Crippen LogP contribution in [0.1, 0.15) is 25.5 Å². The average molecular weight is 294 g/mol. The minimum absolute atomic E-state index is 0.266. The molecule has 1 atom stereocenters. The van der Waals surface area contributed by atoms with E-state index >= 15 is 0 Å².